The smallest absolute Gasteiger partial charge is 0.291 e. The maximum atomic E-state index is 12.2. The predicted octanol–water partition coefficient (Wildman–Crippen LogP) is 0.0324. The lowest BCUT2D eigenvalue weighted by molar-refractivity contribution is -0.908. The van der Waals surface area contributed by atoms with Gasteiger partial charge in [0.2, 0.25) is 0 Å². The number of nitrogens with one attached hydrogen (secondary N) is 2. The number of rotatable bonds is 5. The van der Waals surface area contributed by atoms with Crippen LogP contribution in [0.15, 0.2) is 29.3 Å². The average molecular weight is 320 g/mol. The minimum absolute atomic E-state index is 0.192. The molecule has 6 nitrogen and oxygen atoms in total. The van der Waals surface area contributed by atoms with Crippen LogP contribution < -0.4 is 10.2 Å². The van der Waals surface area contributed by atoms with E-state index in [1.165, 1.54) is 7.11 Å². The molecule has 0 atom stereocenters. The first-order valence-electron chi connectivity index (χ1n) is 8.07. The number of carbonyl (C=O) groups is 1. The molecule has 1 aliphatic heterocycles. The molecule has 0 radical (unpaired) electrons. The summed E-state index contributed by atoms with van der Waals surface area (Å²) in [6.07, 6.45) is 0.961. The SMILES string of the molecule is COC(=NCCC[NH+]1CCOCC1)NC(=O)c1ccccc1C. The van der Waals surface area contributed by atoms with Crippen molar-refractivity contribution in [3.05, 3.63) is 35.4 Å². The number of benzene rings is 1. The molecule has 0 saturated carbocycles. The van der Waals surface area contributed by atoms with Gasteiger partial charge in [0.05, 0.1) is 26.9 Å². The number of amides is 1. The van der Waals surface area contributed by atoms with Gasteiger partial charge in [0.1, 0.15) is 13.1 Å². The Kier molecular flexibility index (Phi) is 7.03. The normalized spacial score (nSPS) is 16.2. The molecular formula is C17H26N3O3+. The van der Waals surface area contributed by atoms with Crippen molar-refractivity contribution < 1.29 is 19.2 Å². The van der Waals surface area contributed by atoms with Gasteiger partial charge >= 0.3 is 0 Å². The number of quaternary nitrogens is 1. The first kappa shape index (κ1) is 17.4. The predicted molar refractivity (Wildman–Crippen MR) is 89.0 cm³/mol. The summed E-state index contributed by atoms with van der Waals surface area (Å²) in [7, 11) is 1.52. The Morgan fingerprint density at radius 1 is 1.35 bits per heavy atom. The van der Waals surface area contributed by atoms with Gasteiger partial charge in [-0.2, -0.15) is 0 Å². The molecule has 1 fully saturated rings. The molecule has 6 heteroatoms. The Bertz CT molecular complexity index is 540. The van der Waals surface area contributed by atoms with Gasteiger partial charge in [-0.3, -0.25) is 10.1 Å². The Hall–Kier alpha value is -1.92. The zero-order valence-electron chi connectivity index (χ0n) is 13.9. The summed E-state index contributed by atoms with van der Waals surface area (Å²) < 4.78 is 10.5. The van der Waals surface area contributed by atoms with Crippen molar-refractivity contribution in [1.82, 2.24) is 5.32 Å². The fourth-order valence-electron chi connectivity index (χ4n) is 2.57. The van der Waals surface area contributed by atoms with Crippen molar-refractivity contribution in [1.29, 1.82) is 0 Å². The quantitative estimate of drug-likeness (QED) is 0.457. The van der Waals surface area contributed by atoms with E-state index < -0.39 is 0 Å². The Morgan fingerprint density at radius 2 is 2.09 bits per heavy atom. The average Bonchev–Trinajstić information content (AvgIpc) is 2.58. The summed E-state index contributed by atoms with van der Waals surface area (Å²) in [6.45, 7) is 7.42. The molecule has 1 heterocycles. The second kappa shape index (κ2) is 9.27. The number of carbonyl (C=O) groups excluding carboxylic acids is 1. The molecule has 1 amide bonds. The van der Waals surface area contributed by atoms with E-state index in [1.54, 1.807) is 11.0 Å². The number of hydrogen-bond donors (Lipinski definition) is 2. The van der Waals surface area contributed by atoms with Gasteiger partial charge in [-0.25, -0.2) is 4.99 Å². The number of aryl methyl sites for hydroxylation is 1. The molecule has 1 saturated heterocycles. The molecule has 0 aliphatic carbocycles. The van der Waals surface area contributed by atoms with E-state index in [1.807, 2.05) is 25.1 Å². The molecule has 2 rings (SSSR count). The van der Waals surface area contributed by atoms with Crippen LogP contribution in [0.3, 0.4) is 0 Å². The third-order valence-corrected chi connectivity index (χ3v) is 3.95. The van der Waals surface area contributed by atoms with Gasteiger partial charge in [0.15, 0.2) is 0 Å². The number of amidine groups is 1. The van der Waals surface area contributed by atoms with Crippen LogP contribution in [-0.2, 0) is 9.47 Å². The van der Waals surface area contributed by atoms with Gasteiger partial charge in [0, 0.05) is 18.5 Å². The second-order valence-electron chi connectivity index (χ2n) is 5.63. The first-order chi connectivity index (χ1) is 11.2. The lowest BCUT2D eigenvalue weighted by Gasteiger charge is -2.23. The summed E-state index contributed by atoms with van der Waals surface area (Å²) in [5.41, 5.74) is 1.56. The number of aliphatic imine (C=N–C) groups is 1. The molecule has 1 aromatic carbocycles. The van der Waals surface area contributed by atoms with E-state index in [4.69, 9.17) is 9.47 Å². The van der Waals surface area contributed by atoms with Gasteiger partial charge in [-0.15, -0.1) is 0 Å². The highest BCUT2D eigenvalue weighted by atomic mass is 16.5. The van der Waals surface area contributed by atoms with Gasteiger partial charge in [-0.1, -0.05) is 18.2 Å². The Balaban J connectivity index is 1.79. The van der Waals surface area contributed by atoms with Crippen molar-refractivity contribution in [2.24, 2.45) is 4.99 Å². The Morgan fingerprint density at radius 3 is 2.78 bits per heavy atom. The highest BCUT2D eigenvalue weighted by Crippen LogP contribution is 2.06. The molecule has 126 valence electrons. The summed E-state index contributed by atoms with van der Waals surface area (Å²) in [5.74, 6) is -0.192. The van der Waals surface area contributed by atoms with E-state index in [2.05, 4.69) is 10.3 Å². The molecule has 1 aromatic rings. The minimum Gasteiger partial charge on any atom is -0.468 e. The highest BCUT2D eigenvalue weighted by molar-refractivity contribution is 6.04. The van der Waals surface area contributed by atoms with Crippen molar-refractivity contribution in [3.63, 3.8) is 0 Å². The molecule has 2 N–H and O–H groups in total. The maximum Gasteiger partial charge on any atom is 0.291 e. The fourth-order valence-corrected chi connectivity index (χ4v) is 2.57. The van der Waals surface area contributed by atoms with Crippen molar-refractivity contribution in [3.8, 4) is 0 Å². The highest BCUT2D eigenvalue weighted by Gasteiger charge is 2.13. The number of nitrogens with zero attached hydrogens (tertiary/aromatic N) is 1. The third-order valence-electron chi connectivity index (χ3n) is 3.95. The molecule has 1 aliphatic rings. The number of hydrogen-bond acceptors (Lipinski definition) is 4. The monoisotopic (exact) mass is 320 g/mol. The summed E-state index contributed by atoms with van der Waals surface area (Å²) in [6, 6.07) is 7.72. The summed E-state index contributed by atoms with van der Waals surface area (Å²) in [4.78, 5) is 18.1. The standard InChI is InChI=1S/C17H25N3O3/c1-14-6-3-4-7-15(14)16(21)19-17(22-2)18-8-5-9-20-10-12-23-13-11-20/h3-4,6-7H,5,8-13H2,1-2H3,(H,18,19,21)/p+1. The van der Waals surface area contributed by atoms with E-state index in [0.29, 0.717) is 12.1 Å². The van der Waals surface area contributed by atoms with Crippen LogP contribution in [0.2, 0.25) is 0 Å². The molecule has 0 aromatic heterocycles. The van der Waals surface area contributed by atoms with Crippen LogP contribution in [0.4, 0.5) is 0 Å². The van der Waals surface area contributed by atoms with E-state index >= 15 is 0 Å². The third kappa shape index (κ3) is 5.65. The number of ether oxygens (including phenoxy) is 2. The molecule has 23 heavy (non-hydrogen) atoms. The van der Waals surface area contributed by atoms with Crippen LogP contribution in [0, 0.1) is 6.92 Å². The zero-order valence-corrected chi connectivity index (χ0v) is 13.9. The maximum absolute atomic E-state index is 12.2. The van der Waals surface area contributed by atoms with Crippen molar-refractivity contribution in [2.45, 2.75) is 13.3 Å². The molecule has 0 spiro atoms. The second-order valence-corrected chi connectivity index (χ2v) is 5.63. The van der Waals surface area contributed by atoms with E-state index in [-0.39, 0.29) is 11.9 Å². The van der Waals surface area contributed by atoms with Crippen LogP contribution in [0.25, 0.3) is 0 Å². The van der Waals surface area contributed by atoms with Crippen LogP contribution in [-0.4, -0.2) is 58.4 Å². The topological polar surface area (TPSA) is 64.4 Å². The first-order valence-corrected chi connectivity index (χ1v) is 8.07. The van der Waals surface area contributed by atoms with Crippen LogP contribution in [0.5, 0.6) is 0 Å². The fraction of sp³-hybridized carbons (Fsp3) is 0.529. The van der Waals surface area contributed by atoms with Gasteiger partial charge in [0.25, 0.3) is 11.9 Å². The van der Waals surface area contributed by atoms with Crippen LogP contribution in [0.1, 0.15) is 22.3 Å². The number of methoxy groups -OCH3 is 1. The Labute approximate surface area is 137 Å². The zero-order chi connectivity index (χ0) is 16.5. The van der Waals surface area contributed by atoms with Gasteiger partial charge < -0.3 is 14.4 Å². The molecule has 0 unspecified atom stereocenters. The summed E-state index contributed by atoms with van der Waals surface area (Å²) >= 11 is 0. The van der Waals surface area contributed by atoms with Crippen molar-refractivity contribution in [2.75, 3.05) is 46.5 Å². The largest absolute Gasteiger partial charge is 0.468 e. The minimum atomic E-state index is -0.192. The number of morpholine rings is 1. The van der Waals surface area contributed by atoms with Crippen LogP contribution >= 0.6 is 0 Å². The molecular weight excluding hydrogens is 294 g/mol. The van der Waals surface area contributed by atoms with E-state index in [9.17, 15) is 4.79 Å². The molecule has 0 bridgehead atoms. The lowest BCUT2D eigenvalue weighted by atomic mass is 10.1. The van der Waals surface area contributed by atoms with Gasteiger partial charge in [-0.05, 0) is 18.6 Å². The lowest BCUT2D eigenvalue weighted by Crippen LogP contribution is -3.14. The van der Waals surface area contributed by atoms with E-state index in [0.717, 1.165) is 44.8 Å². The summed E-state index contributed by atoms with van der Waals surface area (Å²) in [5, 5.41) is 2.72. The van der Waals surface area contributed by atoms with Crippen molar-refractivity contribution >= 4 is 11.9 Å².